The number of nitrogens with zero attached hydrogens (tertiary/aromatic N) is 2. The van der Waals surface area contributed by atoms with Crippen LogP contribution in [0.2, 0.25) is 0 Å². The average molecular weight is 239 g/mol. The van der Waals surface area contributed by atoms with Crippen LogP contribution in [0.4, 0.5) is 10.2 Å². The van der Waals surface area contributed by atoms with Gasteiger partial charge < -0.3 is 15.4 Å². The Hall–Kier alpha value is -1.20. The molecule has 0 aliphatic carbocycles. The lowest BCUT2D eigenvalue weighted by Gasteiger charge is -2.33. The maximum Gasteiger partial charge on any atom is 0.141 e. The molecule has 4 nitrogen and oxygen atoms in total. The van der Waals surface area contributed by atoms with Gasteiger partial charge in [-0.15, -0.1) is 0 Å². The molecular weight excluding hydrogens is 221 g/mol. The molecule has 17 heavy (non-hydrogen) atoms. The number of pyridine rings is 1. The molecule has 5 heteroatoms. The van der Waals surface area contributed by atoms with Gasteiger partial charge in [0.05, 0.1) is 6.20 Å². The van der Waals surface area contributed by atoms with Gasteiger partial charge in [-0.1, -0.05) is 0 Å². The Labute approximate surface area is 101 Å². The van der Waals surface area contributed by atoms with Crippen LogP contribution in [0.5, 0.6) is 0 Å². The molecule has 0 amide bonds. The summed E-state index contributed by atoms with van der Waals surface area (Å²) in [4.78, 5) is 6.24. The van der Waals surface area contributed by atoms with Crippen LogP contribution in [-0.2, 0) is 11.3 Å². The highest BCUT2D eigenvalue weighted by Gasteiger charge is 2.21. The minimum Gasteiger partial charge on any atom is -0.381 e. The van der Waals surface area contributed by atoms with Crippen molar-refractivity contribution < 1.29 is 9.13 Å². The van der Waals surface area contributed by atoms with Gasteiger partial charge in [0.1, 0.15) is 11.6 Å². The quantitative estimate of drug-likeness (QED) is 0.863. The molecule has 1 aromatic rings. The fourth-order valence-electron chi connectivity index (χ4n) is 2.19. The summed E-state index contributed by atoms with van der Waals surface area (Å²) in [5.41, 5.74) is 6.38. The van der Waals surface area contributed by atoms with Gasteiger partial charge in [-0.05, 0) is 18.9 Å². The van der Waals surface area contributed by atoms with Crippen molar-refractivity contribution in [1.29, 1.82) is 0 Å². The van der Waals surface area contributed by atoms with Crippen LogP contribution in [0.25, 0.3) is 0 Å². The molecular formula is C12H18FN3O. The second kappa shape index (κ2) is 5.42. The maximum absolute atomic E-state index is 13.1. The summed E-state index contributed by atoms with van der Waals surface area (Å²) in [6.45, 7) is 1.84. The molecule has 0 aromatic carbocycles. The summed E-state index contributed by atoms with van der Waals surface area (Å²) in [6, 6.07) is 1.85. The van der Waals surface area contributed by atoms with Crippen LogP contribution in [0.3, 0.4) is 0 Å². The second-order valence-corrected chi connectivity index (χ2v) is 4.29. The van der Waals surface area contributed by atoms with Gasteiger partial charge in [0.2, 0.25) is 0 Å². The van der Waals surface area contributed by atoms with Crippen molar-refractivity contribution in [3.63, 3.8) is 0 Å². The smallest absolute Gasteiger partial charge is 0.141 e. The van der Waals surface area contributed by atoms with Crippen LogP contribution in [-0.4, -0.2) is 31.3 Å². The summed E-state index contributed by atoms with van der Waals surface area (Å²) in [6.07, 6.45) is 3.18. The predicted molar refractivity (Wildman–Crippen MR) is 64.3 cm³/mol. The number of hydrogen-bond donors (Lipinski definition) is 1. The molecule has 1 fully saturated rings. The van der Waals surface area contributed by atoms with E-state index in [9.17, 15) is 4.39 Å². The molecule has 2 N–H and O–H groups in total. The van der Waals surface area contributed by atoms with E-state index in [1.54, 1.807) is 0 Å². The highest BCUT2D eigenvalue weighted by molar-refractivity contribution is 5.47. The Kier molecular flexibility index (Phi) is 3.91. The normalized spacial score (nSPS) is 17.1. The van der Waals surface area contributed by atoms with Crippen molar-refractivity contribution in [1.82, 2.24) is 4.98 Å². The first kappa shape index (κ1) is 12.3. The molecule has 2 heterocycles. The predicted octanol–water partition coefficient (Wildman–Crippen LogP) is 1.29. The molecule has 0 radical (unpaired) electrons. The number of rotatable bonds is 3. The first-order valence-electron chi connectivity index (χ1n) is 5.87. The number of halogens is 1. The Morgan fingerprint density at radius 2 is 2.24 bits per heavy atom. The molecule has 1 saturated heterocycles. The van der Waals surface area contributed by atoms with E-state index in [-0.39, 0.29) is 5.82 Å². The highest BCUT2D eigenvalue weighted by Crippen LogP contribution is 2.23. The molecule has 1 aromatic heterocycles. The van der Waals surface area contributed by atoms with Crippen LogP contribution in [0.1, 0.15) is 18.4 Å². The van der Waals surface area contributed by atoms with Gasteiger partial charge in [0.25, 0.3) is 0 Å². The summed E-state index contributed by atoms with van der Waals surface area (Å²) in [5.74, 6) is 0.440. The van der Waals surface area contributed by atoms with Crippen LogP contribution >= 0.6 is 0 Å². The summed E-state index contributed by atoms with van der Waals surface area (Å²) in [5, 5.41) is 0. The van der Waals surface area contributed by atoms with E-state index in [1.165, 1.54) is 12.3 Å². The summed E-state index contributed by atoms with van der Waals surface area (Å²) < 4.78 is 18.4. The standard InChI is InChI=1S/C12H18FN3O/c1-16(11-2-4-17-5-3-11)12-9(7-14)6-10(13)8-15-12/h6,8,11H,2-5,7,14H2,1H3. The largest absolute Gasteiger partial charge is 0.381 e. The fourth-order valence-corrected chi connectivity index (χ4v) is 2.19. The monoisotopic (exact) mass is 239 g/mol. The maximum atomic E-state index is 13.1. The second-order valence-electron chi connectivity index (χ2n) is 4.29. The number of aromatic nitrogens is 1. The van der Waals surface area contributed by atoms with E-state index < -0.39 is 0 Å². The minimum absolute atomic E-state index is 0.299. The highest BCUT2D eigenvalue weighted by atomic mass is 19.1. The lowest BCUT2D eigenvalue weighted by molar-refractivity contribution is 0.0853. The molecule has 0 saturated carbocycles. The molecule has 94 valence electrons. The van der Waals surface area contributed by atoms with Crippen LogP contribution in [0, 0.1) is 5.82 Å². The zero-order valence-electron chi connectivity index (χ0n) is 10.0. The molecule has 1 aliphatic rings. The van der Waals surface area contributed by atoms with Crippen molar-refractivity contribution in [2.75, 3.05) is 25.2 Å². The van der Waals surface area contributed by atoms with Gasteiger partial charge in [0, 0.05) is 38.4 Å². The molecule has 0 atom stereocenters. The number of nitrogens with two attached hydrogens (primary N) is 1. The van der Waals surface area contributed by atoms with E-state index in [4.69, 9.17) is 10.5 Å². The Morgan fingerprint density at radius 3 is 2.88 bits per heavy atom. The SMILES string of the molecule is CN(c1ncc(F)cc1CN)C1CCOCC1. The van der Waals surface area contributed by atoms with Gasteiger partial charge in [0.15, 0.2) is 0 Å². The summed E-state index contributed by atoms with van der Waals surface area (Å²) in [7, 11) is 1.98. The number of anilines is 1. The fraction of sp³-hybridized carbons (Fsp3) is 0.583. The topological polar surface area (TPSA) is 51.4 Å². The van der Waals surface area contributed by atoms with Gasteiger partial charge in [-0.25, -0.2) is 9.37 Å². The van der Waals surface area contributed by atoms with Crippen molar-refractivity contribution in [2.45, 2.75) is 25.4 Å². The summed E-state index contributed by atoms with van der Waals surface area (Å²) >= 11 is 0. The van der Waals surface area contributed by atoms with Gasteiger partial charge in [-0.3, -0.25) is 0 Å². The van der Waals surface area contributed by atoms with E-state index in [0.29, 0.717) is 12.6 Å². The first-order valence-corrected chi connectivity index (χ1v) is 5.87. The van der Waals surface area contributed by atoms with E-state index >= 15 is 0 Å². The van der Waals surface area contributed by atoms with E-state index in [0.717, 1.165) is 37.4 Å². The lowest BCUT2D eigenvalue weighted by Crippen LogP contribution is -2.37. The Bertz CT molecular complexity index is 380. The molecule has 0 unspecified atom stereocenters. The molecule has 1 aliphatic heterocycles. The molecule has 0 bridgehead atoms. The molecule has 2 rings (SSSR count). The third kappa shape index (κ3) is 2.73. The third-order valence-corrected chi connectivity index (χ3v) is 3.20. The van der Waals surface area contributed by atoms with Crippen molar-refractivity contribution in [3.05, 3.63) is 23.6 Å². The first-order chi connectivity index (χ1) is 8.22. The van der Waals surface area contributed by atoms with Crippen LogP contribution in [0.15, 0.2) is 12.3 Å². The molecule has 0 spiro atoms. The van der Waals surface area contributed by atoms with Crippen LogP contribution < -0.4 is 10.6 Å². The number of hydrogen-bond acceptors (Lipinski definition) is 4. The van der Waals surface area contributed by atoms with Crippen molar-refractivity contribution in [3.8, 4) is 0 Å². The minimum atomic E-state index is -0.338. The Balaban J connectivity index is 2.19. The van der Waals surface area contributed by atoms with Crippen molar-refractivity contribution >= 4 is 5.82 Å². The van der Waals surface area contributed by atoms with E-state index in [1.807, 2.05) is 7.05 Å². The van der Waals surface area contributed by atoms with E-state index in [2.05, 4.69) is 9.88 Å². The lowest BCUT2D eigenvalue weighted by atomic mass is 10.1. The van der Waals surface area contributed by atoms with Gasteiger partial charge in [-0.2, -0.15) is 0 Å². The average Bonchev–Trinajstić information content (AvgIpc) is 2.39. The zero-order chi connectivity index (χ0) is 12.3. The zero-order valence-corrected chi connectivity index (χ0v) is 10.0. The van der Waals surface area contributed by atoms with Gasteiger partial charge >= 0.3 is 0 Å². The number of ether oxygens (including phenoxy) is 1. The van der Waals surface area contributed by atoms with Crippen molar-refractivity contribution in [2.24, 2.45) is 5.73 Å². The third-order valence-electron chi connectivity index (χ3n) is 3.20. The Morgan fingerprint density at radius 1 is 1.53 bits per heavy atom.